The molecule has 3 aromatic heterocycles. The van der Waals surface area contributed by atoms with E-state index in [0.29, 0.717) is 48.0 Å². The average molecular weight is 556 g/mol. The molecule has 0 saturated carbocycles. The Balaban J connectivity index is 1.66. The molecule has 0 aliphatic heterocycles. The monoisotopic (exact) mass is 555 g/mol. The molecule has 6 nitrogen and oxygen atoms in total. The Morgan fingerprint density at radius 1 is 1.00 bits per heavy atom. The van der Waals surface area contributed by atoms with Gasteiger partial charge in [0.1, 0.15) is 9.71 Å². The van der Waals surface area contributed by atoms with Crippen molar-refractivity contribution in [3.05, 3.63) is 74.9 Å². The fraction of sp³-hybridized carbons (Fsp3) is 0.0769. The molecule has 0 saturated heterocycles. The van der Waals surface area contributed by atoms with Crippen LogP contribution in [0.5, 0.6) is 11.5 Å². The number of nitrogens with two attached hydrogens (primary N) is 1. The summed E-state index contributed by atoms with van der Waals surface area (Å²) >= 11 is 14.9. The summed E-state index contributed by atoms with van der Waals surface area (Å²) in [4.78, 5) is 20.1. The number of nitrogens with one attached hydrogen (secondary N) is 1. The van der Waals surface area contributed by atoms with Crippen LogP contribution in [0.25, 0.3) is 31.9 Å². The quantitative estimate of drug-likeness (QED) is 0.222. The zero-order valence-corrected chi connectivity index (χ0v) is 22.2. The Labute approximate surface area is 225 Å². The molecule has 10 heteroatoms. The van der Waals surface area contributed by atoms with Crippen LogP contribution in [0.15, 0.2) is 60.0 Å². The van der Waals surface area contributed by atoms with Gasteiger partial charge in [0.15, 0.2) is 11.5 Å². The summed E-state index contributed by atoms with van der Waals surface area (Å²) in [6, 6.07) is 16.5. The maximum atomic E-state index is 13.2. The van der Waals surface area contributed by atoms with Gasteiger partial charge in [0.2, 0.25) is 0 Å². The minimum atomic E-state index is -0.357. The maximum Gasteiger partial charge on any atom is 0.267 e. The number of nitrogens with zero attached hydrogens (tertiary/aromatic N) is 1. The fourth-order valence-electron chi connectivity index (χ4n) is 3.83. The number of thiophene rings is 2. The lowest BCUT2D eigenvalue weighted by Gasteiger charge is -2.12. The number of benzene rings is 2. The van der Waals surface area contributed by atoms with Gasteiger partial charge >= 0.3 is 0 Å². The third kappa shape index (κ3) is 4.49. The minimum Gasteiger partial charge on any atom is -0.493 e. The second-order valence-corrected chi connectivity index (χ2v) is 10.5. The van der Waals surface area contributed by atoms with Crippen LogP contribution in [0, 0.1) is 0 Å². The first-order valence-electron chi connectivity index (χ1n) is 10.6. The van der Waals surface area contributed by atoms with Crippen molar-refractivity contribution in [2.75, 3.05) is 25.3 Å². The van der Waals surface area contributed by atoms with E-state index >= 15 is 0 Å². The number of pyridine rings is 1. The van der Waals surface area contributed by atoms with E-state index in [-0.39, 0.29) is 5.91 Å². The Morgan fingerprint density at radius 2 is 1.81 bits per heavy atom. The number of halogens is 2. The smallest absolute Gasteiger partial charge is 0.267 e. The number of nitrogen functional groups attached to an aromatic ring is 1. The normalized spacial score (nSPS) is 11.0. The number of hydrogen-bond donors (Lipinski definition) is 2. The molecule has 5 aromatic rings. The second-order valence-electron chi connectivity index (χ2n) is 7.71. The van der Waals surface area contributed by atoms with Gasteiger partial charge in [-0.2, -0.15) is 0 Å². The Morgan fingerprint density at radius 3 is 2.50 bits per heavy atom. The van der Waals surface area contributed by atoms with E-state index in [9.17, 15) is 4.79 Å². The van der Waals surface area contributed by atoms with Crippen molar-refractivity contribution >= 4 is 73.4 Å². The first-order valence-corrected chi connectivity index (χ1v) is 13.1. The predicted octanol–water partition coefficient (Wildman–Crippen LogP) is 7.85. The number of fused-ring (bicyclic) bond motifs is 1. The number of carbonyl (C=O) groups excluding carboxylic acids is 1. The number of methoxy groups -OCH3 is 2. The van der Waals surface area contributed by atoms with Gasteiger partial charge in [-0.1, -0.05) is 35.3 Å². The van der Waals surface area contributed by atoms with Gasteiger partial charge in [0, 0.05) is 11.1 Å². The summed E-state index contributed by atoms with van der Waals surface area (Å²) in [5.41, 5.74) is 9.94. The number of aromatic nitrogens is 1. The maximum absolute atomic E-state index is 13.2. The van der Waals surface area contributed by atoms with Crippen LogP contribution in [0.2, 0.25) is 10.0 Å². The van der Waals surface area contributed by atoms with Crippen LogP contribution in [0.3, 0.4) is 0 Å². The van der Waals surface area contributed by atoms with Gasteiger partial charge in [-0.15, -0.1) is 22.7 Å². The predicted molar refractivity (Wildman–Crippen MR) is 150 cm³/mol. The van der Waals surface area contributed by atoms with E-state index in [2.05, 4.69) is 5.32 Å². The fourth-order valence-corrected chi connectivity index (χ4v) is 5.83. The number of anilines is 2. The highest BCUT2D eigenvalue weighted by Gasteiger charge is 2.23. The van der Waals surface area contributed by atoms with E-state index in [4.69, 9.17) is 43.4 Å². The van der Waals surface area contributed by atoms with Gasteiger partial charge in [0.05, 0.1) is 40.5 Å². The second kappa shape index (κ2) is 9.99. The van der Waals surface area contributed by atoms with E-state index in [1.807, 2.05) is 41.8 Å². The highest BCUT2D eigenvalue weighted by molar-refractivity contribution is 7.21. The standard InChI is InChI=1S/C26H19Cl2N3O3S2/c1-33-19-8-5-13(10-20(19)34-2)15-12-18(21-4-3-9-35-21)31-26-22(15)23(29)24(36-26)25(32)30-14-6-7-16(27)17(28)11-14/h3-12H,29H2,1-2H3,(H,30,32). The molecule has 5 rings (SSSR count). The average Bonchev–Trinajstić information content (AvgIpc) is 3.54. The van der Waals surface area contributed by atoms with Crippen LogP contribution in [0.1, 0.15) is 9.67 Å². The van der Waals surface area contributed by atoms with Gasteiger partial charge in [-0.05, 0) is 59.0 Å². The molecule has 182 valence electrons. The SMILES string of the molecule is COc1ccc(-c2cc(-c3cccs3)nc3sc(C(=O)Nc4ccc(Cl)c(Cl)c4)c(N)c23)cc1OC. The van der Waals surface area contributed by atoms with Gasteiger partial charge in [-0.25, -0.2) is 4.98 Å². The number of carbonyl (C=O) groups is 1. The molecule has 0 aliphatic rings. The number of rotatable bonds is 6. The summed E-state index contributed by atoms with van der Waals surface area (Å²) in [5, 5.41) is 6.29. The van der Waals surface area contributed by atoms with Gasteiger partial charge < -0.3 is 20.5 Å². The lowest BCUT2D eigenvalue weighted by molar-refractivity contribution is 0.103. The molecule has 36 heavy (non-hydrogen) atoms. The Bertz CT molecular complexity index is 1600. The number of hydrogen-bond acceptors (Lipinski definition) is 7. The molecule has 0 fully saturated rings. The van der Waals surface area contributed by atoms with Crippen LogP contribution < -0.4 is 20.5 Å². The highest BCUT2D eigenvalue weighted by atomic mass is 35.5. The molecule has 0 spiro atoms. The summed E-state index contributed by atoms with van der Waals surface area (Å²) in [7, 11) is 3.18. The van der Waals surface area contributed by atoms with E-state index in [1.54, 1.807) is 43.8 Å². The molecule has 0 bridgehead atoms. The van der Waals surface area contributed by atoms with Crippen molar-refractivity contribution in [1.29, 1.82) is 0 Å². The molecule has 0 aliphatic carbocycles. The summed E-state index contributed by atoms with van der Waals surface area (Å²) in [5.74, 6) is 0.846. The molecule has 3 heterocycles. The summed E-state index contributed by atoms with van der Waals surface area (Å²) < 4.78 is 10.9. The molecular formula is C26H19Cl2N3O3S2. The molecule has 0 unspecified atom stereocenters. The van der Waals surface area contributed by atoms with Crippen molar-refractivity contribution in [3.63, 3.8) is 0 Å². The lowest BCUT2D eigenvalue weighted by atomic mass is 10.0. The number of ether oxygens (including phenoxy) is 2. The molecular weight excluding hydrogens is 537 g/mol. The van der Waals surface area contributed by atoms with E-state index in [0.717, 1.165) is 21.7 Å². The van der Waals surface area contributed by atoms with E-state index in [1.165, 1.54) is 11.3 Å². The third-order valence-electron chi connectivity index (χ3n) is 5.55. The van der Waals surface area contributed by atoms with Crippen molar-refractivity contribution in [1.82, 2.24) is 4.98 Å². The van der Waals surface area contributed by atoms with Crippen LogP contribution >= 0.6 is 45.9 Å². The van der Waals surface area contributed by atoms with Gasteiger partial charge in [0.25, 0.3) is 5.91 Å². The number of amides is 1. The Hall–Kier alpha value is -3.30. The van der Waals surface area contributed by atoms with Gasteiger partial charge in [-0.3, -0.25) is 4.79 Å². The lowest BCUT2D eigenvalue weighted by Crippen LogP contribution is -2.11. The summed E-state index contributed by atoms with van der Waals surface area (Å²) in [6.45, 7) is 0. The first kappa shape index (κ1) is 24.4. The zero-order chi connectivity index (χ0) is 25.4. The largest absolute Gasteiger partial charge is 0.493 e. The van der Waals surface area contributed by atoms with Crippen LogP contribution in [-0.2, 0) is 0 Å². The van der Waals surface area contributed by atoms with Crippen LogP contribution in [0.4, 0.5) is 11.4 Å². The summed E-state index contributed by atoms with van der Waals surface area (Å²) in [6.07, 6.45) is 0. The molecule has 3 N–H and O–H groups in total. The van der Waals surface area contributed by atoms with Crippen molar-refractivity contribution in [2.24, 2.45) is 0 Å². The van der Waals surface area contributed by atoms with Crippen LogP contribution in [-0.4, -0.2) is 25.1 Å². The highest BCUT2D eigenvalue weighted by Crippen LogP contribution is 2.43. The Kier molecular flexibility index (Phi) is 6.77. The van der Waals surface area contributed by atoms with Crippen molar-refractivity contribution in [2.45, 2.75) is 0 Å². The zero-order valence-electron chi connectivity index (χ0n) is 19.1. The molecule has 0 atom stereocenters. The first-order chi connectivity index (χ1) is 17.4. The molecule has 2 aromatic carbocycles. The topological polar surface area (TPSA) is 86.5 Å². The van der Waals surface area contributed by atoms with E-state index < -0.39 is 0 Å². The molecule has 0 radical (unpaired) electrons. The third-order valence-corrected chi connectivity index (χ3v) is 8.28. The van der Waals surface area contributed by atoms with Crippen molar-refractivity contribution < 1.29 is 14.3 Å². The minimum absolute atomic E-state index is 0.344. The van der Waals surface area contributed by atoms with Crippen molar-refractivity contribution in [3.8, 4) is 33.2 Å². The molecule has 1 amide bonds.